The van der Waals surface area contributed by atoms with Gasteiger partial charge in [-0.2, -0.15) is 5.26 Å². The highest BCUT2D eigenvalue weighted by Crippen LogP contribution is 2.33. The van der Waals surface area contributed by atoms with Gasteiger partial charge in [0.15, 0.2) is 0 Å². The number of hydrogen-bond donors (Lipinski definition) is 1. The van der Waals surface area contributed by atoms with Gasteiger partial charge >= 0.3 is 0 Å². The second-order valence-corrected chi connectivity index (χ2v) is 8.56. The smallest absolute Gasteiger partial charge is 0.148 e. The highest BCUT2D eigenvalue weighted by Gasteiger charge is 2.36. The third-order valence-electron chi connectivity index (χ3n) is 4.22. The number of nitrogens with one attached hydrogen (secondary N) is 1. The maximum Gasteiger partial charge on any atom is 0.148 e. The van der Waals surface area contributed by atoms with Gasteiger partial charge in [-0.15, -0.1) is 0 Å². The third kappa shape index (κ3) is 4.66. The quantitative estimate of drug-likeness (QED) is 0.881. The Balaban J connectivity index is 2.24. The van der Waals surface area contributed by atoms with Crippen molar-refractivity contribution < 1.29 is 13.2 Å². The SMILES string of the molecule is Cc1cc(NCC2(CS(C)(=O)=O)CCOCC2)c(C#N)c(C)n1. The zero-order valence-electron chi connectivity index (χ0n) is 13.8. The van der Waals surface area contributed by atoms with E-state index in [1.165, 1.54) is 6.26 Å². The predicted molar refractivity (Wildman–Crippen MR) is 89.1 cm³/mol. The van der Waals surface area contributed by atoms with Crippen molar-refractivity contribution in [3.05, 3.63) is 23.0 Å². The summed E-state index contributed by atoms with van der Waals surface area (Å²) < 4.78 is 29.0. The van der Waals surface area contributed by atoms with Crippen LogP contribution in [-0.4, -0.2) is 45.2 Å². The molecule has 0 radical (unpaired) electrons. The van der Waals surface area contributed by atoms with Gasteiger partial charge in [-0.1, -0.05) is 0 Å². The number of anilines is 1. The average Bonchev–Trinajstić information content (AvgIpc) is 2.44. The summed E-state index contributed by atoms with van der Waals surface area (Å²) in [5.74, 6) is 0.126. The molecular formula is C16H23N3O3S. The molecule has 6 nitrogen and oxygen atoms in total. The molecule has 0 saturated carbocycles. The molecule has 0 spiro atoms. The standard InChI is InChI=1S/C16H23N3O3S/c1-12-8-15(14(9-17)13(2)19-12)18-10-16(11-23(3,20)21)4-6-22-7-5-16/h8H,4-7,10-11H2,1-3H3,(H,18,19). The summed E-state index contributed by atoms with van der Waals surface area (Å²) in [7, 11) is -3.09. The third-order valence-corrected chi connectivity index (χ3v) is 5.35. The number of aromatic nitrogens is 1. The van der Waals surface area contributed by atoms with Crippen LogP contribution in [0.25, 0.3) is 0 Å². The Bertz CT molecular complexity index is 717. The number of nitriles is 1. The molecule has 1 saturated heterocycles. The Labute approximate surface area is 137 Å². The average molecular weight is 337 g/mol. The first-order chi connectivity index (χ1) is 10.7. The van der Waals surface area contributed by atoms with Gasteiger partial charge in [-0.05, 0) is 32.8 Å². The first kappa shape index (κ1) is 17.7. The van der Waals surface area contributed by atoms with Gasteiger partial charge < -0.3 is 10.1 Å². The van der Waals surface area contributed by atoms with Crippen molar-refractivity contribution in [3.8, 4) is 6.07 Å². The summed E-state index contributed by atoms with van der Waals surface area (Å²) in [5, 5.41) is 12.6. The van der Waals surface area contributed by atoms with Gasteiger partial charge in [-0.25, -0.2) is 8.42 Å². The Kier molecular flexibility index (Phi) is 5.27. The van der Waals surface area contributed by atoms with Crippen LogP contribution in [-0.2, 0) is 14.6 Å². The van der Waals surface area contributed by atoms with Crippen LogP contribution in [0, 0.1) is 30.6 Å². The summed E-state index contributed by atoms with van der Waals surface area (Å²) >= 11 is 0. The van der Waals surface area contributed by atoms with Crippen LogP contribution < -0.4 is 5.32 Å². The molecule has 0 unspecified atom stereocenters. The molecule has 1 fully saturated rings. The summed E-state index contributed by atoms with van der Waals surface area (Å²) in [5.41, 5.74) is 2.38. The Hall–Kier alpha value is -1.65. The summed E-state index contributed by atoms with van der Waals surface area (Å²) in [6.07, 6.45) is 2.65. The number of hydrogen-bond acceptors (Lipinski definition) is 6. The normalized spacial score (nSPS) is 17.5. The van der Waals surface area contributed by atoms with Crippen molar-refractivity contribution in [2.75, 3.05) is 37.1 Å². The first-order valence-electron chi connectivity index (χ1n) is 7.62. The van der Waals surface area contributed by atoms with Crippen LogP contribution >= 0.6 is 0 Å². The maximum atomic E-state index is 11.8. The van der Waals surface area contributed by atoms with E-state index in [-0.39, 0.29) is 11.2 Å². The summed E-state index contributed by atoms with van der Waals surface area (Å²) in [6.45, 7) is 5.31. The molecule has 0 bridgehead atoms. The van der Waals surface area contributed by atoms with Crippen molar-refractivity contribution in [3.63, 3.8) is 0 Å². The van der Waals surface area contributed by atoms with E-state index in [1.54, 1.807) is 6.92 Å². The molecule has 0 aliphatic carbocycles. The molecule has 126 valence electrons. The van der Waals surface area contributed by atoms with Crippen molar-refractivity contribution in [2.45, 2.75) is 26.7 Å². The van der Waals surface area contributed by atoms with Crippen LogP contribution in [0.4, 0.5) is 5.69 Å². The fourth-order valence-electron chi connectivity index (χ4n) is 3.12. The van der Waals surface area contributed by atoms with E-state index >= 15 is 0 Å². The predicted octanol–water partition coefficient (Wildman–Crippen LogP) is 1.82. The second kappa shape index (κ2) is 6.85. The number of pyridine rings is 1. The molecule has 0 amide bonds. The fourth-order valence-corrected chi connectivity index (χ4v) is 4.63. The lowest BCUT2D eigenvalue weighted by molar-refractivity contribution is 0.0315. The lowest BCUT2D eigenvalue weighted by Crippen LogP contribution is -2.41. The van der Waals surface area contributed by atoms with Crippen LogP contribution in [0.5, 0.6) is 0 Å². The summed E-state index contributed by atoms with van der Waals surface area (Å²) in [4.78, 5) is 4.30. The number of nitrogens with zero attached hydrogens (tertiary/aromatic N) is 2. The first-order valence-corrected chi connectivity index (χ1v) is 9.68. The van der Waals surface area contributed by atoms with Crippen molar-refractivity contribution >= 4 is 15.5 Å². The van der Waals surface area contributed by atoms with Crippen molar-refractivity contribution in [2.24, 2.45) is 5.41 Å². The van der Waals surface area contributed by atoms with E-state index in [2.05, 4.69) is 16.4 Å². The van der Waals surface area contributed by atoms with Crippen LogP contribution in [0.2, 0.25) is 0 Å². The Morgan fingerprint density at radius 3 is 2.61 bits per heavy atom. The number of aryl methyl sites for hydroxylation is 2. The van der Waals surface area contributed by atoms with Crippen LogP contribution in [0.3, 0.4) is 0 Å². The molecule has 1 aliphatic rings. The van der Waals surface area contributed by atoms with Crippen molar-refractivity contribution in [1.29, 1.82) is 5.26 Å². The second-order valence-electron chi connectivity index (χ2n) is 6.42. The van der Waals surface area contributed by atoms with E-state index in [0.717, 1.165) is 11.4 Å². The number of ether oxygens (including phenoxy) is 1. The molecule has 1 aliphatic heterocycles. The molecule has 1 N–H and O–H groups in total. The topological polar surface area (TPSA) is 92.1 Å². The van der Waals surface area contributed by atoms with E-state index in [9.17, 15) is 13.7 Å². The van der Waals surface area contributed by atoms with Gasteiger partial charge in [0, 0.05) is 37.1 Å². The monoisotopic (exact) mass is 337 g/mol. The van der Waals surface area contributed by atoms with Gasteiger partial charge in [0.05, 0.1) is 22.7 Å². The molecule has 7 heteroatoms. The van der Waals surface area contributed by atoms with Gasteiger partial charge in [-0.3, -0.25) is 4.98 Å². The molecule has 0 atom stereocenters. The summed E-state index contributed by atoms with van der Waals surface area (Å²) in [6, 6.07) is 4.00. The zero-order chi connectivity index (χ0) is 17.1. The largest absolute Gasteiger partial charge is 0.383 e. The molecule has 1 aromatic rings. The molecule has 0 aromatic carbocycles. The minimum atomic E-state index is -3.09. The molecular weight excluding hydrogens is 314 g/mol. The molecule has 1 aromatic heterocycles. The van der Waals surface area contributed by atoms with Crippen LogP contribution in [0.1, 0.15) is 29.8 Å². The zero-order valence-corrected chi connectivity index (χ0v) is 14.7. The molecule has 23 heavy (non-hydrogen) atoms. The highest BCUT2D eigenvalue weighted by atomic mass is 32.2. The van der Waals surface area contributed by atoms with Gasteiger partial charge in [0.25, 0.3) is 0 Å². The number of rotatable bonds is 5. The van der Waals surface area contributed by atoms with Gasteiger partial charge in [0.2, 0.25) is 0 Å². The van der Waals surface area contributed by atoms with Gasteiger partial charge in [0.1, 0.15) is 15.9 Å². The molecule has 2 heterocycles. The van der Waals surface area contributed by atoms with Crippen molar-refractivity contribution in [1.82, 2.24) is 4.98 Å². The van der Waals surface area contributed by atoms with E-state index in [0.29, 0.717) is 43.9 Å². The van der Waals surface area contributed by atoms with E-state index in [4.69, 9.17) is 4.74 Å². The molecule has 2 rings (SSSR count). The Morgan fingerprint density at radius 1 is 1.39 bits per heavy atom. The minimum absolute atomic E-state index is 0.126. The highest BCUT2D eigenvalue weighted by molar-refractivity contribution is 7.90. The lowest BCUT2D eigenvalue weighted by atomic mass is 9.82. The Morgan fingerprint density at radius 2 is 2.04 bits per heavy atom. The van der Waals surface area contributed by atoms with Crippen LogP contribution in [0.15, 0.2) is 6.07 Å². The lowest BCUT2D eigenvalue weighted by Gasteiger charge is -2.37. The number of sulfone groups is 1. The minimum Gasteiger partial charge on any atom is -0.383 e. The maximum absolute atomic E-state index is 11.8. The van der Waals surface area contributed by atoms with E-state index < -0.39 is 9.84 Å². The fraction of sp³-hybridized carbons (Fsp3) is 0.625. The van der Waals surface area contributed by atoms with E-state index in [1.807, 2.05) is 13.0 Å².